The first kappa shape index (κ1) is 24.1. The number of nitriles is 1. The Balaban J connectivity index is 2.51. The van der Waals surface area contributed by atoms with Crippen molar-refractivity contribution < 1.29 is 27.8 Å². The van der Waals surface area contributed by atoms with Crippen LogP contribution in [0.5, 0.6) is 5.75 Å². The minimum absolute atomic E-state index is 0.0892. The van der Waals surface area contributed by atoms with Crippen LogP contribution < -0.4 is 4.74 Å². The van der Waals surface area contributed by atoms with Crippen molar-refractivity contribution in [2.45, 2.75) is 48.6 Å². The lowest BCUT2D eigenvalue weighted by Gasteiger charge is -2.42. The largest absolute Gasteiger partial charge is 0.478 e. The summed E-state index contributed by atoms with van der Waals surface area (Å²) >= 11 is 12.0. The molecule has 1 aromatic carbocycles. The topological polar surface area (TPSA) is 88.8 Å². The smallest absolute Gasteiger partial charge is 0.370 e. The lowest BCUT2D eigenvalue weighted by atomic mass is 9.74. The number of benzene rings is 1. The maximum absolute atomic E-state index is 14.3. The molecule has 0 heterocycles. The van der Waals surface area contributed by atoms with Gasteiger partial charge in [-0.05, 0) is 39.0 Å². The maximum atomic E-state index is 14.3. The van der Waals surface area contributed by atoms with E-state index in [-0.39, 0.29) is 24.5 Å². The third-order valence-electron chi connectivity index (χ3n) is 4.49. The Morgan fingerprint density at radius 1 is 1.28 bits per heavy atom. The van der Waals surface area contributed by atoms with E-state index in [1.165, 1.54) is 19.1 Å². The number of allylic oxidation sites excluding steroid dienone is 1. The molecule has 0 bridgehead atoms. The highest BCUT2D eigenvalue weighted by atomic mass is 35.5. The van der Waals surface area contributed by atoms with Crippen molar-refractivity contribution in [3.05, 3.63) is 42.0 Å². The predicted octanol–water partition coefficient (Wildman–Crippen LogP) is 5.23. The molecule has 4 unspecified atom stereocenters. The summed E-state index contributed by atoms with van der Waals surface area (Å²) in [4.78, 5) is -2.11. The number of hydrogen-bond donors (Lipinski definition) is 1. The highest BCUT2D eigenvalue weighted by molar-refractivity contribution is 7.54. The van der Waals surface area contributed by atoms with Gasteiger partial charge in [-0.1, -0.05) is 41.4 Å². The zero-order valence-electron chi connectivity index (χ0n) is 16.3. The second-order valence-corrected chi connectivity index (χ2v) is 10.1. The van der Waals surface area contributed by atoms with E-state index in [9.17, 15) is 19.3 Å². The van der Waals surface area contributed by atoms with Gasteiger partial charge in [0.1, 0.15) is 11.4 Å². The van der Waals surface area contributed by atoms with Crippen LogP contribution >= 0.6 is 30.8 Å². The van der Waals surface area contributed by atoms with Gasteiger partial charge in [-0.15, -0.1) is 0 Å². The molecule has 6 nitrogen and oxygen atoms in total. The Hall–Kier alpha value is -1.13. The van der Waals surface area contributed by atoms with Gasteiger partial charge >= 0.3 is 7.60 Å². The number of hydrogen-bond acceptors (Lipinski definition) is 6. The summed E-state index contributed by atoms with van der Waals surface area (Å²) in [6, 6.07) is 7.96. The minimum Gasteiger partial charge on any atom is -0.478 e. The standard InChI is InChI=1S/C19H23Cl2FNO5P/c1-4-26-29(25,27-5-2)14(3)28-16-9-7-6-8-15(16)19(24)11-10-18(21,22)12-17(19,20)13-23/h6-11,14,24H,4-5,12H2,1-3H3. The van der Waals surface area contributed by atoms with Crippen LogP contribution in [0.2, 0.25) is 0 Å². The van der Waals surface area contributed by atoms with Gasteiger partial charge in [0, 0.05) is 12.0 Å². The molecule has 4 atom stereocenters. The number of alkyl halides is 3. The van der Waals surface area contributed by atoms with Crippen molar-refractivity contribution in [2.24, 2.45) is 0 Å². The fraction of sp³-hybridized carbons (Fsp3) is 0.526. The number of nitrogens with zero attached hydrogens (tertiary/aromatic N) is 1. The van der Waals surface area contributed by atoms with E-state index in [4.69, 9.17) is 37.0 Å². The highest BCUT2D eigenvalue weighted by Gasteiger charge is 2.57. The van der Waals surface area contributed by atoms with Crippen molar-refractivity contribution in [1.82, 2.24) is 0 Å². The van der Waals surface area contributed by atoms with E-state index < -0.39 is 35.5 Å². The van der Waals surface area contributed by atoms with Gasteiger partial charge < -0.3 is 18.9 Å². The van der Waals surface area contributed by atoms with Gasteiger partial charge in [-0.25, -0.2) is 4.39 Å². The Morgan fingerprint density at radius 2 is 1.86 bits per heavy atom. The number of aliphatic hydroxyl groups is 1. The summed E-state index contributed by atoms with van der Waals surface area (Å²) in [6.45, 7) is 5.14. The van der Waals surface area contributed by atoms with Crippen molar-refractivity contribution in [3.8, 4) is 11.8 Å². The molecular formula is C19H23Cl2FNO5P. The number of ether oxygens (including phenoxy) is 1. The predicted molar refractivity (Wildman–Crippen MR) is 109 cm³/mol. The van der Waals surface area contributed by atoms with Crippen LogP contribution in [0.3, 0.4) is 0 Å². The summed E-state index contributed by atoms with van der Waals surface area (Å²) in [5.74, 6) is -0.937. The van der Waals surface area contributed by atoms with Crippen LogP contribution in [0.25, 0.3) is 0 Å². The van der Waals surface area contributed by atoms with Crippen LogP contribution in [-0.4, -0.2) is 34.2 Å². The molecule has 2 rings (SSSR count). The van der Waals surface area contributed by atoms with Crippen LogP contribution in [0.1, 0.15) is 32.8 Å². The Kier molecular flexibility index (Phi) is 7.44. The first-order valence-electron chi connectivity index (χ1n) is 9.02. The van der Waals surface area contributed by atoms with Crippen molar-refractivity contribution in [2.75, 3.05) is 13.2 Å². The molecule has 29 heavy (non-hydrogen) atoms. The van der Waals surface area contributed by atoms with Crippen molar-refractivity contribution >= 4 is 30.8 Å². The molecule has 1 aromatic rings. The summed E-state index contributed by atoms with van der Waals surface area (Å²) < 4.78 is 43.6. The molecule has 10 heteroatoms. The van der Waals surface area contributed by atoms with Gasteiger partial charge in [0.2, 0.25) is 5.13 Å². The average Bonchev–Trinajstić information content (AvgIpc) is 2.65. The lowest BCUT2D eigenvalue weighted by molar-refractivity contribution is 0.0336. The summed E-state index contributed by atoms with van der Waals surface area (Å²) in [7, 11) is -3.62. The fourth-order valence-electron chi connectivity index (χ4n) is 3.06. The molecule has 0 radical (unpaired) electrons. The van der Waals surface area contributed by atoms with Crippen LogP contribution in [0.4, 0.5) is 4.39 Å². The number of rotatable bonds is 8. The lowest BCUT2D eigenvalue weighted by Crippen LogP contribution is -2.51. The van der Waals surface area contributed by atoms with E-state index in [2.05, 4.69) is 0 Å². The van der Waals surface area contributed by atoms with Gasteiger partial charge in [0.25, 0.3) is 0 Å². The summed E-state index contributed by atoms with van der Waals surface area (Å²) in [6.07, 6.45) is 1.32. The molecule has 1 aliphatic carbocycles. The van der Waals surface area contributed by atoms with Gasteiger partial charge in [-0.2, -0.15) is 5.26 Å². The van der Waals surface area contributed by atoms with E-state index in [0.29, 0.717) is 0 Å². The Bertz CT molecular complexity index is 851. The molecule has 0 spiro atoms. The third-order valence-corrected chi connectivity index (χ3v) is 7.49. The molecule has 1 aliphatic rings. The molecule has 0 fully saturated rings. The minimum atomic E-state index is -3.62. The first-order chi connectivity index (χ1) is 13.5. The van der Waals surface area contributed by atoms with Crippen LogP contribution in [0, 0.1) is 11.3 Å². The average molecular weight is 466 g/mol. The first-order valence-corrected chi connectivity index (χ1v) is 11.4. The zero-order chi connectivity index (χ0) is 21.9. The molecule has 0 amide bonds. The monoisotopic (exact) mass is 465 g/mol. The highest BCUT2D eigenvalue weighted by Crippen LogP contribution is 2.55. The summed E-state index contributed by atoms with van der Waals surface area (Å²) in [5, 5.41) is 18.5. The van der Waals surface area contributed by atoms with E-state index in [0.717, 1.165) is 12.2 Å². The molecule has 0 saturated carbocycles. The Morgan fingerprint density at radius 3 is 2.41 bits per heavy atom. The fourth-order valence-corrected chi connectivity index (χ4v) is 5.21. The van der Waals surface area contributed by atoms with E-state index in [1.54, 1.807) is 32.0 Å². The Labute approximate surface area is 179 Å². The van der Waals surface area contributed by atoms with Gasteiger partial charge in [-0.3, -0.25) is 4.57 Å². The normalized spacial score (nSPS) is 30.6. The van der Waals surface area contributed by atoms with Crippen molar-refractivity contribution in [1.29, 1.82) is 5.26 Å². The second-order valence-electron chi connectivity index (χ2n) is 6.54. The molecule has 0 saturated heterocycles. The van der Waals surface area contributed by atoms with E-state index in [1.807, 2.05) is 0 Å². The number of halogens is 3. The SMILES string of the molecule is CCOP(=O)(OCC)C(C)Oc1ccccc1C1(O)C=CC(F)(Cl)CC1(Cl)C#N. The number of para-hydroxylation sites is 1. The maximum Gasteiger partial charge on any atom is 0.370 e. The quantitative estimate of drug-likeness (QED) is 0.321. The molecule has 0 aliphatic heterocycles. The van der Waals surface area contributed by atoms with Crippen LogP contribution in [0.15, 0.2) is 36.4 Å². The van der Waals surface area contributed by atoms with Gasteiger partial charge in [0.15, 0.2) is 10.7 Å². The van der Waals surface area contributed by atoms with Crippen LogP contribution in [-0.2, 0) is 19.2 Å². The van der Waals surface area contributed by atoms with E-state index >= 15 is 0 Å². The van der Waals surface area contributed by atoms with Gasteiger partial charge in [0.05, 0.1) is 19.3 Å². The summed E-state index contributed by atoms with van der Waals surface area (Å²) in [5.41, 5.74) is -2.03. The molecular weight excluding hydrogens is 443 g/mol. The van der Waals surface area contributed by atoms with Crippen molar-refractivity contribution in [3.63, 3.8) is 0 Å². The second kappa shape index (κ2) is 8.93. The molecule has 160 valence electrons. The molecule has 0 aromatic heterocycles. The molecule has 1 N–H and O–H groups in total. The third kappa shape index (κ3) is 4.80. The zero-order valence-corrected chi connectivity index (χ0v) is 18.7.